The highest BCUT2D eigenvalue weighted by Gasteiger charge is 2.29. The van der Waals surface area contributed by atoms with Crippen LogP contribution in [0.3, 0.4) is 0 Å². The van der Waals surface area contributed by atoms with Crippen LogP contribution in [0.15, 0.2) is 53.0 Å². The van der Waals surface area contributed by atoms with Gasteiger partial charge in [0.1, 0.15) is 0 Å². The lowest BCUT2D eigenvalue weighted by molar-refractivity contribution is -0.116. The van der Waals surface area contributed by atoms with Gasteiger partial charge in [-0.1, -0.05) is 46.3 Å². The minimum Gasteiger partial charge on any atom is -0.454 e. The summed E-state index contributed by atoms with van der Waals surface area (Å²) in [6.45, 7) is 0.247. The lowest BCUT2D eigenvalue weighted by Gasteiger charge is -2.28. The van der Waals surface area contributed by atoms with Gasteiger partial charge in [-0.2, -0.15) is 0 Å². The first-order chi connectivity index (χ1) is 12.2. The Kier molecular flexibility index (Phi) is 3.25. The zero-order chi connectivity index (χ0) is 17.0. The predicted octanol–water partition coefficient (Wildman–Crippen LogP) is 4.81. The fourth-order valence-electron chi connectivity index (χ4n) is 3.68. The Labute approximate surface area is 152 Å². The van der Waals surface area contributed by atoms with Crippen molar-refractivity contribution < 1.29 is 14.3 Å². The molecule has 3 aromatic carbocycles. The van der Waals surface area contributed by atoms with Gasteiger partial charge >= 0.3 is 0 Å². The fraction of sp³-hybridized carbons (Fsp3) is 0.150. The number of fused-ring (bicyclic) bond motifs is 4. The summed E-state index contributed by atoms with van der Waals surface area (Å²) < 4.78 is 11.9. The molecule has 3 aromatic rings. The molecule has 0 aliphatic carbocycles. The molecule has 124 valence electrons. The Morgan fingerprint density at radius 3 is 2.68 bits per heavy atom. The molecule has 0 bridgehead atoms. The smallest absolute Gasteiger partial charge is 0.231 e. The van der Waals surface area contributed by atoms with Gasteiger partial charge in [-0.15, -0.1) is 0 Å². The third-order valence-corrected chi connectivity index (χ3v) is 5.51. The van der Waals surface area contributed by atoms with Crippen LogP contribution in [0, 0.1) is 0 Å². The van der Waals surface area contributed by atoms with Gasteiger partial charge in [0, 0.05) is 22.2 Å². The lowest BCUT2D eigenvalue weighted by Crippen LogP contribution is -2.23. The summed E-state index contributed by atoms with van der Waals surface area (Å²) in [6.07, 6.45) is 0.414. The average Bonchev–Trinajstić information content (AvgIpc) is 3.10. The number of carbonyl (C=O) groups is 1. The highest BCUT2D eigenvalue weighted by Crippen LogP contribution is 2.45. The maximum Gasteiger partial charge on any atom is 0.231 e. The first-order valence-corrected chi connectivity index (χ1v) is 8.90. The van der Waals surface area contributed by atoms with Gasteiger partial charge in [-0.25, -0.2) is 0 Å². The molecule has 4 nitrogen and oxygen atoms in total. The molecule has 0 unspecified atom stereocenters. The molecule has 2 aliphatic heterocycles. The Balaban J connectivity index is 1.72. The SMILES string of the molecule is O=C1C[C@H](c2ccc3c(c2)OCO3)c2cc(Br)c3ccccc3c2N1. The number of nitrogens with one attached hydrogen (secondary N) is 1. The minimum absolute atomic E-state index is 0.0147. The van der Waals surface area contributed by atoms with E-state index >= 15 is 0 Å². The standard InChI is InChI=1S/C20H14BrNO3/c21-16-8-15-14(11-5-6-17-18(7-11)25-10-24-17)9-19(23)22-20(15)13-4-2-1-3-12(13)16/h1-8,14H,9-10H2,(H,22,23)/t14-/m1/s1. The van der Waals surface area contributed by atoms with Crippen LogP contribution >= 0.6 is 15.9 Å². The van der Waals surface area contributed by atoms with Crippen LogP contribution < -0.4 is 14.8 Å². The van der Waals surface area contributed by atoms with E-state index in [4.69, 9.17) is 9.47 Å². The van der Waals surface area contributed by atoms with Gasteiger partial charge < -0.3 is 14.8 Å². The summed E-state index contributed by atoms with van der Waals surface area (Å²) in [6, 6.07) is 16.1. The van der Waals surface area contributed by atoms with E-state index in [0.29, 0.717) is 6.42 Å². The van der Waals surface area contributed by atoms with Crippen LogP contribution in [0.1, 0.15) is 23.5 Å². The van der Waals surface area contributed by atoms with Gasteiger partial charge in [0.05, 0.1) is 5.69 Å². The molecule has 0 spiro atoms. The summed E-state index contributed by atoms with van der Waals surface area (Å²) >= 11 is 3.68. The van der Waals surface area contributed by atoms with Gasteiger partial charge in [0.2, 0.25) is 12.7 Å². The number of anilines is 1. The van der Waals surface area contributed by atoms with Crippen molar-refractivity contribution in [3.63, 3.8) is 0 Å². The summed E-state index contributed by atoms with van der Waals surface area (Å²) in [5, 5.41) is 5.20. The molecule has 1 atom stereocenters. The van der Waals surface area contributed by atoms with E-state index in [9.17, 15) is 4.79 Å². The fourth-order valence-corrected chi connectivity index (χ4v) is 4.27. The topological polar surface area (TPSA) is 47.6 Å². The molecule has 2 heterocycles. The van der Waals surface area contributed by atoms with Gasteiger partial charge in [-0.05, 0) is 34.7 Å². The van der Waals surface area contributed by atoms with Crippen LogP contribution in [0.25, 0.3) is 10.8 Å². The minimum atomic E-state index is -0.0147. The number of ether oxygens (including phenoxy) is 2. The van der Waals surface area contributed by atoms with E-state index in [2.05, 4.69) is 33.4 Å². The molecule has 0 aromatic heterocycles. The molecular weight excluding hydrogens is 382 g/mol. The molecule has 5 heteroatoms. The van der Waals surface area contributed by atoms with Gasteiger partial charge in [0.15, 0.2) is 11.5 Å². The normalized spacial score (nSPS) is 18.1. The Morgan fingerprint density at radius 2 is 1.80 bits per heavy atom. The molecule has 0 radical (unpaired) electrons. The summed E-state index contributed by atoms with van der Waals surface area (Å²) in [5.74, 6) is 1.51. The maximum absolute atomic E-state index is 12.4. The van der Waals surface area contributed by atoms with E-state index in [0.717, 1.165) is 43.6 Å². The van der Waals surface area contributed by atoms with Crippen LogP contribution in [0.4, 0.5) is 5.69 Å². The molecular formula is C20H14BrNO3. The summed E-state index contributed by atoms with van der Waals surface area (Å²) in [5.41, 5.74) is 3.07. The van der Waals surface area contributed by atoms with E-state index in [1.807, 2.05) is 36.4 Å². The van der Waals surface area contributed by atoms with E-state index in [-0.39, 0.29) is 18.6 Å². The van der Waals surface area contributed by atoms with Gasteiger partial charge in [-0.3, -0.25) is 4.79 Å². The van der Waals surface area contributed by atoms with Crippen LogP contribution in [-0.4, -0.2) is 12.7 Å². The molecule has 2 aliphatic rings. The van der Waals surface area contributed by atoms with Crippen molar-refractivity contribution in [2.24, 2.45) is 0 Å². The zero-order valence-corrected chi connectivity index (χ0v) is 14.8. The van der Waals surface area contributed by atoms with Crippen molar-refractivity contribution in [1.29, 1.82) is 0 Å². The number of carbonyl (C=O) groups excluding carboxylic acids is 1. The second-order valence-electron chi connectivity index (χ2n) is 6.29. The Hall–Kier alpha value is -2.53. The van der Waals surface area contributed by atoms with Crippen molar-refractivity contribution in [1.82, 2.24) is 0 Å². The zero-order valence-electron chi connectivity index (χ0n) is 13.2. The van der Waals surface area contributed by atoms with E-state index in [1.54, 1.807) is 0 Å². The van der Waals surface area contributed by atoms with Crippen LogP contribution in [0.5, 0.6) is 11.5 Å². The lowest BCUT2D eigenvalue weighted by atomic mass is 9.83. The van der Waals surface area contributed by atoms with Crippen molar-refractivity contribution in [2.45, 2.75) is 12.3 Å². The van der Waals surface area contributed by atoms with Crippen LogP contribution in [-0.2, 0) is 4.79 Å². The molecule has 1 amide bonds. The number of rotatable bonds is 1. The second-order valence-corrected chi connectivity index (χ2v) is 7.14. The van der Waals surface area contributed by atoms with Crippen molar-refractivity contribution in [3.05, 3.63) is 64.1 Å². The highest BCUT2D eigenvalue weighted by atomic mass is 79.9. The van der Waals surface area contributed by atoms with Crippen molar-refractivity contribution in [2.75, 3.05) is 12.1 Å². The van der Waals surface area contributed by atoms with Crippen molar-refractivity contribution >= 4 is 38.3 Å². The predicted molar refractivity (Wildman–Crippen MR) is 99.3 cm³/mol. The summed E-state index contributed by atoms with van der Waals surface area (Å²) in [7, 11) is 0. The first-order valence-electron chi connectivity index (χ1n) is 8.11. The molecule has 1 N–H and O–H groups in total. The second kappa shape index (κ2) is 5.49. The number of amides is 1. The van der Waals surface area contributed by atoms with E-state index in [1.165, 1.54) is 0 Å². The third-order valence-electron chi connectivity index (χ3n) is 4.85. The van der Waals surface area contributed by atoms with Gasteiger partial charge in [0.25, 0.3) is 0 Å². The number of hydrogen-bond acceptors (Lipinski definition) is 3. The molecule has 0 fully saturated rings. The largest absolute Gasteiger partial charge is 0.454 e. The Bertz CT molecular complexity index is 1030. The quantitative estimate of drug-likeness (QED) is 0.643. The number of hydrogen-bond donors (Lipinski definition) is 1. The first kappa shape index (κ1) is 14.8. The summed E-state index contributed by atoms with van der Waals surface area (Å²) in [4.78, 5) is 12.4. The van der Waals surface area contributed by atoms with Crippen LogP contribution in [0.2, 0.25) is 0 Å². The molecule has 0 saturated carbocycles. The number of halogens is 1. The number of benzene rings is 3. The van der Waals surface area contributed by atoms with E-state index < -0.39 is 0 Å². The Morgan fingerprint density at radius 1 is 1.00 bits per heavy atom. The molecule has 25 heavy (non-hydrogen) atoms. The monoisotopic (exact) mass is 395 g/mol. The third kappa shape index (κ3) is 2.30. The molecule has 0 saturated heterocycles. The van der Waals surface area contributed by atoms with Crippen molar-refractivity contribution in [3.8, 4) is 11.5 Å². The highest BCUT2D eigenvalue weighted by molar-refractivity contribution is 9.10. The average molecular weight is 396 g/mol. The maximum atomic E-state index is 12.4. The molecule has 5 rings (SSSR count).